The van der Waals surface area contributed by atoms with Crippen molar-refractivity contribution in [3.8, 4) is 0 Å². The second-order valence-electron chi connectivity index (χ2n) is 3.90. The summed E-state index contributed by atoms with van der Waals surface area (Å²) in [6, 6.07) is 7.91. The molecule has 1 aromatic rings. The SMILES string of the molecule is Clc1ccccc1CNCC1=CCCOC1. The molecular weight excluding hydrogens is 222 g/mol. The first-order valence-corrected chi connectivity index (χ1v) is 5.94. The number of hydrogen-bond donors (Lipinski definition) is 1. The molecular formula is C13H16ClNO. The lowest BCUT2D eigenvalue weighted by Gasteiger charge is -2.14. The van der Waals surface area contributed by atoms with Gasteiger partial charge in [0.25, 0.3) is 0 Å². The molecule has 2 rings (SSSR count). The Labute approximate surface area is 101 Å². The Balaban J connectivity index is 1.80. The minimum atomic E-state index is 0.759. The minimum absolute atomic E-state index is 0.759. The van der Waals surface area contributed by atoms with E-state index in [1.807, 2.05) is 24.3 Å². The molecule has 0 radical (unpaired) electrons. The van der Waals surface area contributed by atoms with Crippen LogP contribution in [0.15, 0.2) is 35.9 Å². The summed E-state index contributed by atoms with van der Waals surface area (Å²) in [5.74, 6) is 0. The van der Waals surface area contributed by atoms with Gasteiger partial charge in [-0.2, -0.15) is 0 Å². The van der Waals surface area contributed by atoms with Gasteiger partial charge in [-0.05, 0) is 23.6 Å². The molecule has 1 aromatic carbocycles. The van der Waals surface area contributed by atoms with E-state index in [4.69, 9.17) is 16.3 Å². The molecule has 1 aliphatic rings. The van der Waals surface area contributed by atoms with Crippen molar-refractivity contribution in [3.63, 3.8) is 0 Å². The molecule has 0 fully saturated rings. The summed E-state index contributed by atoms with van der Waals surface area (Å²) >= 11 is 6.07. The molecule has 86 valence electrons. The van der Waals surface area contributed by atoms with E-state index in [2.05, 4.69) is 11.4 Å². The van der Waals surface area contributed by atoms with Crippen LogP contribution in [0.5, 0.6) is 0 Å². The average molecular weight is 238 g/mol. The Morgan fingerprint density at radius 3 is 2.88 bits per heavy atom. The van der Waals surface area contributed by atoms with E-state index < -0.39 is 0 Å². The second kappa shape index (κ2) is 6.04. The zero-order valence-electron chi connectivity index (χ0n) is 9.21. The van der Waals surface area contributed by atoms with E-state index in [0.717, 1.165) is 43.3 Å². The lowest BCUT2D eigenvalue weighted by atomic mass is 10.2. The predicted molar refractivity (Wildman–Crippen MR) is 66.7 cm³/mol. The molecule has 1 aliphatic heterocycles. The van der Waals surface area contributed by atoms with E-state index in [0.29, 0.717) is 0 Å². The summed E-state index contributed by atoms with van der Waals surface area (Å²) in [7, 11) is 0. The maximum Gasteiger partial charge on any atom is 0.0689 e. The molecule has 16 heavy (non-hydrogen) atoms. The quantitative estimate of drug-likeness (QED) is 0.814. The number of rotatable bonds is 4. The van der Waals surface area contributed by atoms with Crippen molar-refractivity contribution in [1.82, 2.24) is 5.32 Å². The summed E-state index contributed by atoms with van der Waals surface area (Å²) in [6.07, 6.45) is 3.28. The van der Waals surface area contributed by atoms with Crippen molar-refractivity contribution in [3.05, 3.63) is 46.5 Å². The molecule has 0 aromatic heterocycles. The van der Waals surface area contributed by atoms with Gasteiger partial charge in [0.1, 0.15) is 0 Å². The van der Waals surface area contributed by atoms with Gasteiger partial charge in [0.2, 0.25) is 0 Å². The first-order valence-electron chi connectivity index (χ1n) is 5.56. The molecule has 0 amide bonds. The molecule has 0 saturated heterocycles. The first kappa shape index (κ1) is 11.6. The third kappa shape index (κ3) is 3.34. The van der Waals surface area contributed by atoms with Crippen LogP contribution in [0.4, 0.5) is 0 Å². The molecule has 3 heteroatoms. The van der Waals surface area contributed by atoms with E-state index in [9.17, 15) is 0 Å². The van der Waals surface area contributed by atoms with E-state index >= 15 is 0 Å². The van der Waals surface area contributed by atoms with E-state index in [1.54, 1.807) is 0 Å². The van der Waals surface area contributed by atoms with E-state index in [-0.39, 0.29) is 0 Å². The standard InChI is InChI=1S/C13H16ClNO/c14-13-6-2-1-5-12(13)9-15-8-11-4-3-7-16-10-11/h1-2,4-6,15H,3,7-10H2. The molecule has 0 bridgehead atoms. The molecule has 0 atom stereocenters. The predicted octanol–water partition coefficient (Wildman–Crippen LogP) is 2.78. The number of nitrogens with one attached hydrogen (secondary N) is 1. The van der Waals surface area contributed by atoms with Crippen molar-refractivity contribution in [2.24, 2.45) is 0 Å². The summed E-state index contributed by atoms with van der Waals surface area (Å²) in [6.45, 7) is 3.30. The van der Waals surface area contributed by atoms with Gasteiger partial charge in [0.05, 0.1) is 13.2 Å². The monoisotopic (exact) mass is 237 g/mol. The fraction of sp³-hybridized carbons (Fsp3) is 0.385. The van der Waals surface area contributed by atoms with Crippen LogP contribution in [0, 0.1) is 0 Å². The average Bonchev–Trinajstić information content (AvgIpc) is 2.33. The van der Waals surface area contributed by atoms with Gasteiger partial charge in [-0.15, -0.1) is 0 Å². The van der Waals surface area contributed by atoms with Crippen molar-refractivity contribution in [1.29, 1.82) is 0 Å². The highest BCUT2D eigenvalue weighted by Gasteiger charge is 2.03. The molecule has 0 spiro atoms. The molecule has 0 aliphatic carbocycles. The fourth-order valence-corrected chi connectivity index (χ4v) is 1.93. The van der Waals surface area contributed by atoms with Crippen molar-refractivity contribution >= 4 is 11.6 Å². The summed E-state index contributed by atoms with van der Waals surface area (Å²) < 4.78 is 5.37. The van der Waals surface area contributed by atoms with Gasteiger partial charge < -0.3 is 10.1 Å². The van der Waals surface area contributed by atoms with Crippen molar-refractivity contribution in [2.75, 3.05) is 19.8 Å². The molecule has 0 saturated carbocycles. The maximum absolute atomic E-state index is 6.07. The van der Waals surface area contributed by atoms with Crippen molar-refractivity contribution in [2.45, 2.75) is 13.0 Å². The highest BCUT2D eigenvalue weighted by molar-refractivity contribution is 6.31. The lowest BCUT2D eigenvalue weighted by molar-refractivity contribution is 0.149. The van der Waals surface area contributed by atoms with E-state index in [1.165, 1.54) is 5.57 Å². The Hall–Kier alpha value is -0.830. The lowest BCUT2D eigenvalue weighted by Crippen LogP contribution is -2.21. The van der Waals surface area contributed by atoms with Gasteiger partial charge in [0, 0.05) is 18.1 Å². The van der Waals surface area contributed by atoms with Crippen LogP contribution in [0.3, 0.4) is 0 Å². The zero-order chi connectivity index (χ0) is 11.2. The molecule has 1 N–H and O–H groups in total. The maximum atomic E-state index is 6.07. The highest BCUT2D eigenvalue weighted by Crippen LogP contribution is 2.14. The van der Waals surface area contributed by atoms with Crippen LogP contribution in [0.2, 0.25) is 5.02 Å². The minimum Gasteiger partial charge on any atom is -0.377 e. The van der Waals surface area contributed by atoms with Crippen molar-refractivity contribution < 1.29 is 4.74 Å². The van der Waals surface area contributed by atoms with Crippen LogP contribution < -0.4 is 5.32 Å². The highest BCUT2D eigenvalue weighted by atomic mass is 35.5. The van der Waals surface area contributed by atoms with Crippen LogP contribution in [-0.4, -0.2) is 19.8 Å². The molecule has 2 nitrogen and oxygen atoms in total. The summed E-state index contributed by atoms with van der Waals surface area (Å²) in [5.41, 5.74) is 2.47. The normalized spacial score (nSPS) is 15.9. The zero-order valence-corrected chi connectivity index (χ0v) is 9.96. The van der Waals surface area contributed by atoms with Crippen LogP contribution >= 0.6 is 11.6 Å². The Morgan fingerprint density at radius 1 is 1.25 bits per heavy atom. The number of halogens is 1. The molecule has 1 heterocycles. The fourth-order valence-electron chi connectivity index (χ4n) is 1.73. The van der Waals surface area contributed by atoms with Gasteiger partial charge in [-0.25, -0.2) is 0 Å². The smallest absolute Gasteiger partial charge is 0.0689 e. The third-order valence-electron chi connectivity index (χ3n) is 2.61. The Kier molecular flexibility index (Phi) is 4.40. The van der Waals surface area contributed by atoms with Gasteiger partial charge in [-0.1, -0.05) is 35.9 Å². The number of benzene rings is 1. The third-order valence-corrected chi connectivity index (χ3v) is 2.98. The molecule has 0 unspecified atom stereocenters. The Bertz CT molecular complexity index is 376. The Morgan fingerprint density at radius 2 is 2.12 bits per heavy atom. The number of hydrogen-bond acceptors (Lipinski definition) is 2. The van der Waals surface area contributed by atoms with Gasteiger partial charge >= 0.3 is 0 Å². The summed E-state index contributed by atoms with van der Waals surface area (Å²) in [4.78, 5) is 0. The summed E-state index contributed by atoms with van der Waals surface area (Å²) in [5, 5.41) is 4.20. The van der Waals surface area contributed by atoms with Crippen LogP contribution in [0.1, 0.15) is 12.0 Å². The van der Waals surface area contributed by atoms with Crippen LogP contribution in [-0.2, 0) is 11.3 Å². The second-order valence-corrected chi connectivity index (χ2v) is 4.31. The van der Waals surface area contributed by atoms with Gasteiger partial charge in [0.15, 0.2) is 0 Å². The topological polar surface area (TPSA) is 21.3 Å². The van der Waals surface area contributed by atoms with Gasteiger partial charge in [-0.3, -0.25) is 0 Å². The largest absolute Gasteiger partial charge is 0.377 e. The first-order chi connectivity index (χ1) is 7.86. The number of ether oxygens (including phenoxy) is 1. The van der Waals surface area contributed by atoms with Crippen LogP contribution in [0.25, 0.3) is 0 Å².